The molecule has 2 amide bonds. The van der Waals surface area contributed by atoms with Crippen molar-refractivity contribution in [3.05, 3.63) is 41.5 Å². The fourth-order valence-electron chi connectivity index (χ4n) is 3.22. The van der Waals surface area contributed by atoms with Crippen LogP contribution in [-0.4, -0.2) is 45.4 Å². The first-order valence-electron chi connectivity index (χ1n) is 11.0. The maximum Gasteiger partial charge on any atom is 0.340 e. The minimum absolute atomic E-state index is 0.0249. The summed E-state index contributed by atoms with van der Waals surface area (Å²) in [6, 6.07) is 7.88. The maximum atomic E-state index is 12.9. The van der Waals surface area contributed by atoms with Crippen molar-refractivity contribution in [1.29, 1.82) is 0 Å². The van der Waals surface area contributed by atoms with Crippen LogP contribution in [0.1, 0.15) is 49.7 Å². The third-order valence-electron chi connectivity index (χ3n) is 5.28. The number of methoxy groups -OCH3 is 2. The fraction of sp³-hybridized carbons (Fsp3) is 0.400. The summed E-state index contributed by atoms with van der Waals surface area (Å²) in [6.07, 6.45) is 0. The lowest BCUT2D eigenvalue weighted by molar-refractivity contribution is -0.125. The summed E-state index contributed by atoms with van der Waals surface area (Å²) in [5.41, 5.74) is 0.304. The van der Waals surface area contributed by atoms with Crippen molar-refractivity contribution in [2.24, 2.45) is 5.41 Å². The van der Waals surface area contributed by atoms with Crippen LogP contribution in [0.25, 0.3) is 0 Å². The molecule has 0 saturated heterocycles. The standard InChI is InChI=1S/C25H30N2O8/c1-14(15-7-8-18-21(9-15)35-13-34-18)26-22(28)12-33-23(29)16-10-19(31-5)20(32-6)11-17(16)27-24(30)25(2,3)4/h7-11,14H,12-13H2,1-6H3,(H,26,28)(H,27,30). The molecule has 0 aliphatic carbocycles. The molecule has 10 nitrogen and oxygen atoms in total. The van der Waals surface area contributed by atoms with E-state index in [1.807, 2.05) is 6.07 Å². The Morgan fingerprint density at radius 2 is 1.66 bits per heavy atom. The summed E-state index contributed by atoms with van der Waals surface area (Å²) in [5.74, 6) is 0.232. The van der Waals surface area contributed by atoms with Gasteiger partial charge >= 0.3 is 5.97 Å². The van der Waals surface area contributed by atoms with Gasteiger partial charge in [0, 0.05) is 17.5 Å². The average molecular weight is 487 g/mol. The second kappa shape index (κ2) is 10.5. The number of carbonyl (C=O) groups is 3. The van der Waals surface area contributed by atoms with Gasteiger partial charge in [-0.3, -0.25) is 9.59 Å². The predicted molar refractivity (Wildman–Crippen MR) is 127 cm³/mol. The monoisotopic (exact) mass is 486 g/mol. The molecule has 1 aliphatic rings. The Balaban J connectivity index is 1.69. The van der Waals surface area contributed by atoms with Crippen molar-refractivity contribution >= 4 is 23.5 Å². The summed E-state index contributed by atoms with van der Waals surface area (Å²) < 4.78 is 26.4. The van der Waals surface area contributed by atoms with Crippen LogP contribution in [0.4, 0.5) is 5.69 Å². The molecule has 35 heavy (non-hydrogen) atoms. The van der Waals surface area contributed by atoms with Crippen LogP contribution < -0.4 is 29.6 Å². The Morgan fingerprint density at radius 3 is 2.31 bits per heavy atom. The van der Waals surface area contributed by atoms with Crippen LogP contribution in [0, 0.1) is 5.41 Å². The van der Waals surface area contributed by atoms with E-state index < -0.39 is 23.9 Å². The van der Waals surface area contributed by atoms with Crippen LogP contribution in [0.3, 0.4) is 0 Å². The van der Waals surface area contributed by atoms with Gasteiger partial charge in [-0.2, -0.15) is 0 Å². The van der Waals surface area contributed by atoms with E-state index in [2.05, 4.69) is 10.6 Å². The SMILES string of the molecule is COc1cc(NC(=O)C(C)(C)C)c(C(=O)OCC(=O)NC(C)c2ccc3c(c2)OCO3)cc1OC. The van der Waals surface area contributed by atoms with Crippen LogP contribution >= 0.6 is 0 Å². The third-order valence-corrected chi connectivity index (χ3v) is 5.28. The van der Waals surface area contributed by atoms with Gasteiger partial charge in [-0.15, -0.1) is 0 Å². The molecule has 0 bridgehead atoms. The lowest BCUT2D eigenvalue weighted by Crippen LogP contribution is -2.31. The van der Waals surface area contributed by atoms with E-state index in [1.165, 1.54) is 26.4 Å². The molecule has 1 aliphatic heterocycles. The van der Waals surface area contributed by atoms with Crippen molar-refractivity contribution in [1.82, 2.24) is 5.32 Å². The average Bonchev–Trinajstić information content (AvgIpc) is 3.29. The zero-order chi connectivity index (χ0) is 25.8. The highest BCUT2D eigenvalue weighted by Gasteiger charge is 2.26. The van der Waals surface area contributed by atoms with Gasteiger partial charge in [0.15, 0.2) is 29.6 Å². The Hall–Kier alpha value is -3.95. The van der Waals surface area contributed by atoms with Crippen molar-refractivity contribution < 1.29 is 38.1 Å². The van der Waals surface area contributed by atoms with Crippen LogP contribution in [0.15, 0.2) is 30.3 Å². The number of fused-ring (bicyclic) bond motifs is 1. The largest absolute Gasteiger partial charge is 0.493 e. The molecule has 0 fully saturated rings. The first-order valence-corrected chi connectivity index (χ1v) is 11.0. The summed E-state index contributed by atoms with van der Waals surface area (Å²) in [7, 11) is 2.86. The first kappa shape index (κ1) is 25.7. The minimum atomic E-state index is -0.805. The molecule has 188 valence electrons. The second-order valence-electron chi connectivity index (χ2n) is 8.93. The van der Waals surface area contributed by atoms with Gasteiger partial charge < -0.3 is 34.3 Å². The van der Waals surface area contributed by atoms with Gasteiger partial charge in [-0.25, -0.2) is 4.79 Å². The van der Waals surface area contributed by atoms with E-state index in [0.717, 1.165) is 5.56 Å². The summed E-state index contributed by atoms with van der Waals surface area (Å²) >= 11 is 0. The number of benzene rings is 2. The molecule has 0 saturated carbocycles. The Labute approximate surface area is 203 Å². The predicted octanol–water partition coefficient (Wildman–Crippen LogP) is 3.45. The number of ether oxygens (including phenoxy) is 5. The van der Waals surface area contributed by atoms with Crippen molar-refractivity contribution in [2.75, 3.05) is 32.9 Å². The second-order valence-corrected chi connectivity index (χ2v) is 8.93. The Morgan fingerprint density at radius 1 is 1.00 bits per heavy atom. The van der Waals surface area contributed by atoms with Crippen molar-refractivity contribution in [2.45, 2.75) is 33.7 Å². The normalized spacial score (nSPS) is 13.0. The molecule has 0 spiro atoms. The molecular formula is C25H30N2O8. The van der Waals surface area contributed by atoms with E-state index in [1.54, 1.807) is 39.8 Å². The molecule has 1 heterocycles. The van der Waals surface area contributed by atoms with Crippen molar-refractivity contribution in [3.8, 4) is 23.0 Å². The van der Waals surface area contributed by atoms with E-state index in [0.29, 0.717) is 17.2 Å². The van der Waals surface area contributed by atoms with Gasteiger partial charge in [0.05, 0.1) is 31.5 Å². The molecule has 3 rings (SSSR count). The number of rotatable bonds is 8. The fourth-order valence-corrected chi connectivity index (χ4v) is 3.22. The van der Waals surface area contributed by atoms with Gasteiger partial charge in [-0.05, 0) is 24.6 Å². The number of carbonyl (C=O) groups excluding carboxylic acids is 3. The van der Waals surface area contributed by atoms with Crippen LogP contribution in [0.5, 0.6) is 23.0 Å². The highest BCUT2D eigenvalue weighted by atomic mass is 16.7. The first-order chi connectivity index (χ1) is 16.5. The van der Waals surface area contributed by atoms with Gasteiger partial charge in [-0.1, -0.05) is 26.8 Å². The lowest BCUT2D eigenvalue weighted by atomic mass is 9.95. The smallest absolute Gasteiger partial charge is 0.340 e. The Bertz CT molecular complexity index is 1120. The minimum Gasteiger partial charge on any atom is -0.493 e. The molecular weight excluding hydrogens is 456 g/mol. The number of amides is 2. The van der Waals surface area contributed by atoms with Crippen LogP contribution in [-0.2, 0) is 14.3 Å². The zero-order valence-electron chi connectivity index (χ0n) is 20.6. The van der Waals surface area contributed by atoms with Gasteiger partial charge in [0.1, 0.15) is 0 Å². The topological polar surface area (TPSA) is 121 Å². The van der Waals surface area contributed by atoms with Gasteiger partial charge in [0.2, 0.25) is 12.7 Å². The molecule has 1 unspecified atom stereocenters. The number of esters is 1. The molecule has 10 heteroatoms. The lowest BCUT2D eigenvalue weighted by Gasteiger charge is -2.20. The molecule has 2 N–H and O–H groups in total. The van der Waals surface area contributed by atoms with E-state index in [-0.39, 0.29) is 35.7 Å². The van der Waals surface area contributed by atoms with E-state index in [9.17, 15) is 14.4 Å². The summed E-state index contributed by atoms with van der Waals surface area (Å²) in [5, 5.41) is 5.50. The van der Waals surface area contributed by atoms with E-state index >= 15 is 0 Å². The maximum absolute atomic E-state index is 12.9. The molecule has 0 aromatic heterocycles. The van der Waals surface area contributed by atoms with Gasteiger partial charge in [0.25, 0.3) is 5.91 Å². The van der Waals surface area contributed by atoms with Crippen molar-refractivity contribution in [3.63, 3.8) is 0 Å². The molecule has 0 radical (unpaired) electrons. The molecule has 2 aromatic carbocycles. The number of hydrogen-bond donors (Lipinski definition) is 2. The highest BCUT2D eigenvalue weighted by molar-refractivity contribution is 6.04. The number of anilines is 1. The summed E-state index contributed by atoms with van der Waals surface area (Å²) in [6.45, 7) is 6.66. The Kier molecular flexibility index (Phi) is 7.73. The quantitative estimate of drug-likeness (QED) is 0.544. The third kappa shape index (κ3) is 6.14. The molecule has 2 aromatic rings. The zero-order valence-corrected chi connectivity index (χ0v) is 20.6. The van der Waals surface area contributed by atoms with Crippen LogP contribution in [0.2, 0.25) is 0 Å². The molecule has 1 atom stereocenters. The summed E-state index contributed by atoms with van der Waals surface area (Å²) in [4.78, 5) is 37.9. The number of hydrogen-bond acceptors (Lipinski definition) is 8. The number of nitrogens with one attached hydrogen (secondary N) is 2. The van der Waals surface area contributed by atoms with E-state index in [4.69, 9.17) is 23.7 Å². The highest BCUT2D eigenvalue weighted by Crippen LogP contribution is 2.35.